The van der Waals surface area contributed by atoms with E-state index >= 15 is 0 Å². The summed E-state index contributed by atoms with van der Waals surface area (Å²) in [5.41, 5.74) is 0.858. The van der Waals surface area contributed by atoms with Crippen molar-refractivity contribution in [2.45, 2.75) is 13.5 Å². The van der Waals surface area contributed by atoms with Gasteiger partial charge in [-0.2, -0.15) is 0 Å². The first-order valence-corrected chi connectivity index (χ1v) is 7.65. The van der Waals surface area contributed by atoms with E-state index in [0.717, 1.165) is 38.3 Å². The van der Waals surface area contributed by atoms with Gasteiger partial charge in [-0.25, -0.2) is 0 Å². The topological polar surface area (TPSA) is 45.4 Å². The molecule has 0 bridgehead atoms. The number of piperazine rings is 1. The third-order valence-electron chi connectivity index (χ3n) is 3.81. The second kappa shape index (κ2) is 6.56. The zero-order chi connectivity index (χ0) is 14.7. The van der Waals surface area contributed by atoms with Gasteiger partial charge in [0.2, 0.25) is 11.8 Å². The van der Waals surface area contributed by atoms with E-state index in [1.165, 1.54) is 0 Å². The lowest BCUT2D eigenvalue weighted by molar-refractivity contribution is 0.124. The molecule has 3 rings (SSSR count). The summed E-state index contributed by atoms with van der Waals surface area (Å²) in [7, 11) is 0. The molecule has 1 aliphatic heterocycles. The van der Waals surface area contributed by atoms with Gasteiger partial charge in [-0.05, 0) is 24.7 Å². The van der Waals surface area contributed by atoms with Crippen molar-refractivity contribution in [2.75, 3.05) is 32.7 Å². The summed E-state index contributed by atoms with van der Waals surface area (Å²) in [6, 6.07) is 7.46. The maximum absolute atomic E-state index is 5.98. The van der Waals surface area contributed by atoms with Gasteiger partial charge in [0, 0.05) is 36.8 Å². The average molecular weight is 307 g/mol. The van der Waals surface area contributed by atoms with E-state index in [-0.39, 0.29) is 0 Å². The fourth-order valence-corrected chi connectivity index (χ4v) is 2.70. The molecule has 2 aromatic rings. The molecule has 1 fully saturated rings. The van der Waals surface area contributed by atoms with E-state index in [4.69, 9.17) is 16.0 Å². The number of nitrogens with zero attached hydrogens (tertiary/aromatic N) is 4. The van der Waals surface area contributed by atoms with Gasteiger partial charge in [0.15, 0.2) is 0 Å². The van der Waals surface area contributed by atoms with Crippen LogP contribution in [0.25, 0.3) is 11.5 Å². The lowest BCUT2D eigenvalue weighted by Gasteiger charge is -2.33. The van der Waals surface area contributed by atoms with Gasteiger partial charge >= 0.3 is 0 Å². The van der Waals surface area contributed by atoms with Gasteiger partial charge in [0.25, 0.3) is 0 Å². The third kappa shape index (κ3) is 3.61. The molecule has 112 valence electrons. The second-order valence-electron chi connectivity index (χ2n) is 5.22. The standard InChI is InChI=1S/C15H19ClN4O/c1-2-19-6-8-20(9-7-19)11-14-17-18-15(21-14)12-4-3-5-13(16)10-12/h3-5,10H,2,6-9,11H2,1H3. The minimum Gasteiger partial charge on any atom is -0.419 e. The van der Waals surface area contributed by atoms with Crippen LogP contribution >= 0.6 is 11.6 Å². The van der Waals surface area contributed by atoms with Gasteiger partial charge < -0.3 is 9.32 Å². The van der Waals surface area contributed by atoms with E-state index in [1.807, 2.05) is 24.3 Å². The molecule has 0 saturated carbocycles. The van der Waals surface area contributed by atoms with Crippen molar-refractivity contribution in [1.29, 1.82) is 0 Å². The van der Waals surface area contributed by atoms with Gasteiger partial charge in [0.1, 0.15) is 0 Å². The van der Waals surface area contributed by atoms with Crippen LogP contribution < -0.4 is 0 Å². The van der Waals surface area contributed by atoms with Crippen LogP contribution in [0.1, 0.15) is 12.8 Å². The van der Waals surface area contributed by atoms with Crippen molar-refractivity contribution in [3.05, 3.63) is 35.2 Å². The van der Waals surface area contributed by atoms with E-state index in [1.54, 1.807) is 0 Å². The number of aromatic nitrogens is 2. The first kappa shape index (κ1) is 14.5. The summed E-state index contributed by atoms with van der Waals surface area (Å²) < 4.78 is 5.74. The molecular weight excluding hydrogens is 288 g/mol. The number of hydrogen-bond donors (Lipinski definition) is 0. The molecule has 6 heteroatoms. The van der Waals surface area contributed by atoms with Gasteiger partial charge in [0.05, 0.1) is 6.54 Å². The zero-order valence-corrected chi connectivity index (χ0v) is 12.9. The predicted octanol–water partition coefficient (Wildman–Crippen LogP) is 2.53. The highest BCUT2D eigenvalue weighted by Crippen LogP contribution is 2.21. The van der Waals surface area contributed by atoms with Crippen LogP contribution in [-0.2, 0) is 6.54 Å². The van der Waals surface area contributed by atoms with Crippen molar-refractivity contribution < 1.29 is 4.42 Å². The molecule has 0 radical (unpaired) electrons. The lowest BCUT2D eigenvalue weighted by Crippen LogP contribution is -2.45. The number of likely N-dealkylation sites (N-methyl/N-ethyl adjacent to an activating group) is 1. The van der Waals surface area contributed by atoms with Gasteiger partial charge in [-0.1, -0.05) is 24.6 Å². The Morgan fingerprint density at radius 2 is 1.90 bits per heavy atom. The van der Waals surface area contributed by atoms with Crippen LogP contribution in [0.5, 0.6) is 0 Å². The molecule has 1 saturated heterocycles. The van der Waals surface area contributed by atoms with Crippen LogP contribution in [0.2, 0.25) is 5.02 Å². The van der Waals surface area contributed by atoms with Crippen molar-refractivity contribution in [2.24, 2.45) is 0 Å². The molecule has 0 spiro atoms. The number of hydrogen-bond acceptors (Lipinski definition) is 5. The first-order chi connectivity index (χ1) is 10.2. The summed E-state index contributed by atoms with van der Waals surface area (Å²) in [6.07, 6.45) is 0. The van der Waals surface area contributed by atoms with Gasteiger partial charge in [-0.3, -0.25) is 4.90 Å². The van der Waals surface area contributed by atoms with Crippen LogP contribution in [0.15, 0.2) is 28.7 Å². The molecule has 0 amide bonds. The summed E-state index contributed by atoms with van der Waals surface area (Å²) >= 11 is 5.98. The maximum atomic E-state index is 5.98. The third-order valence-corrected chi connectivity index (χ3v) is 4.04. The Morgan fingerprint density at radius 1 is 1.14 bits per heavy atom. The molecule has 1 aromatic heterocycles. The van der Waals surface area contributed by atoms with Crippen LogP contribution in [0, 0.1) is 0 Å². The predicted molar refractivity (Wildman–Crippen MR) is 82.1 cm³/mol. The Kier molecular flexibility index (Phi) is 4.53. The fourth-order valence-electron chi connectivity index (χ4n) is 2.51. The largest absolute Gasteiger partial charge is 0.419 e. The van der Waals surface area contributed by atoms with Crippen LogP contribution in [0.3, 0.4) is 0 Å². The highest BCUT2D eigenvalue weighted by molar-refractivity contribution is 6.30. The van der Waals surface area contributed by atoms with E-state index < -0.39 is 0 Å². The molecule has 1 aliphatic rings. The van der Waals surface area contributed by atoms with Crippen molar-refractivity contribution in [1.82, 2.24) is 20.0 Å². The van der Waals surface area contributed by atoms with Crippen molar-refractivity contribution in [3.63, 3.8) is 0 Å². The maximum Gasteiger partial charge on any atom is 0.247 e. The SMILES string of the molecule is CCN1CCN(Cc2nnc(-c3cccc(Cl)c3)o2)CC1. The molecule has 0 atom stereocenters. The molecule has 5 nitrogen and oxygen atoms in total. The Morgan fingerprint density at radius 3 is 2.62 bits per heavy atom. The normalized spacial score (nSPS) is 17.2. The highest BCUT2D eigenvalue weighted by atomic mass is 35.5. The summed E-state index contributed by atoms with van der Waals surface area (Å²) in [5, 5.41) is 8.92. The summed E-state index contributed by atoms with van der Waals surface area (Å²) in [5.74, 6) is 1.19. The first-order valence-electron chi connectivity index (χ1n) is 7.27. The fraction of sp³-hybridized carbons (Fsp3) is 0.467. The molecule has 0 aliphatic carbocycles. The van der Waals surface area contributed by atoms with Gasteiger partial charge in [-0.15, -0.1) is 10.2 Å². The summed E-state index contributed by atoms with van der Waals surface area (Å²) in [4.78, 5) is 4.79. The quantitative estimate of drug-likeness (QED) is 0.868. The molecule has 0 unspecified atom stereocenters. The van der Waals surface area contributed by atoms with E-state index in [2.05, 4.69) is 26.9 Å². The molecule has 21 heavy (non-hydrogen) atoms. The Hall–Kier alpha value is -1.43. The Bertz CT molecular complexity index is 593. The highest BCUT2D eigenvalue weighted by Gasteiger charge is 2.18. The number of benzene rings is 1. The number of rotatable bonds is 4. The molecule has 2 heterocycles. The Labute approximate surface area is 129 Å². The minimum atomic E-state index is 0.527. The van der Waals surface area contributed by atoms with E-state index in [9.17, 15) is 0 Å². The monoisotopic (exact) mass is 306 g/mol. The lowest BCUT2D eigenvalue weighted by atomic mass is 10.2. The minimum absolute atomic E-state index is 0.527. The van der Waals surface area contributed by atoms with Crippen molar-refractivity contribution in [3.8, 4) is 11.5 Å². The summed E-state index contributed by atoms with van der Waals surface area (Å²) in [6.45, 7) is 8.33. The smallest absolute Gasteiger partial charge is 0.247 e. The Balaban J connectivity index is 1.63. The molecule has 1 aromatic carbocycles. The van der Waals surface area contributed by atoms with E-state index in [0.29, 0.717) is 23.3 Å². The van der Waals surface area contributed by atoms with Crippen molar-refractivity contribution >= 4 is 11.6 Å². The molecule has 0 N–H and O–H groups in total. The molecular formula is C15H19ClN4O. The number of halogens is 1. The van der Waals surface area contributed by atoms with Crippen LogP contribution in [0.4, 0.5) is 0 Å². The van der Waals surface area contributed by atoms with Crippen LogP contribution in [-0.4, -0.2) is 52.7 Å². The second-order valence-corrected chi connectivity index (χ2v) is 5.66. The average Bonchev–Trinajstić information content (AvgIpc) is 2.97. The zero-order valence-electron chi connectivity index (χ0n) is 12.1.